The average molecular weight is 269 g/mol. The van der Waals surface area contributed by atoms with Crippen LogP contribution in [-0.2, 0) is 12.8 Å². The molecule has 1 heterocycles. The van der Waals surface area contributed by atoms with Gasteiger partial charge in [-0.25, -0.2) is 4.98 Å². The maximum atomic E-state index is 11.0. The van der Waals surface area contributed by atoms with E-state index in [2.05, 4.69) is 28.5 Å². The topological polar surface area (TPSA) is 68.1 Å². The summed E-state index contributed by atoms with van der Waals surface area (Å²) in [6.07, 6.45) is 4.41. The summed E-state index contributed by atoms with van der Waals surface area (Å²) in [5, 5.41) is 14.2. The highest BCUT2D eigenvalue weighted by Gasteiger charge is 2.22. The molecule has 0 spiro atoms. The first-order valence-corrected chi connectivity index (χ1v) is 6.67. The Balaban J connectivity index is 1.79. The highest BCUT2D eigenvalue weighted by Crippen LogP contribution is 2.26. The average Bonchev–Trinajstić information content (AvgIpc) is 2.47. The Morgan fingerprint density at radius 2 is 2.00 bits per heavy atom. The molecule has 3 rings (SSSR count). The quantitative estimate of drug-likeness (QED) is 0.687. The van der Waals surface area contributed by atoms with Crippen LogP contribution < -0.4 is 5.32 Å². The van der Waals surface area contributed by atoms with E-state index in [9.17, 15) is 10.1 Å². The summed E-state index contributed by atoms with van der Waals surface area (Å²) in [6, 6.07) is 11.6. The number of nitrogens with zero attached hydrogens (tertiary/aromatic N) is 2. The fourth-order valence-electron chi connectivity index (χ4n) is 2.67. The molecule has 1 unspecified atom stereocenters. The number of benzene rings is 1. The molecule has 0 saturated heterocycles. The molecule has 1 atom stereocenters. The van der Waals surface area contributed by atoms with Gasteiger partial charge in [0.1, 0.15) is 0 Å². The van der Waals surface area contributed by atoms with Gasteiger partial charge in [-0.1, -0.05) is 24.3 Å². The third kappa shape index (κ3) is 2.47. The van der Waals surface area contributed by atoms with Gasteiger partial charge in [-0.2, -0.15) is 0 Å². The summed E-state index contributed by atoms with van der Waals surface area (Å²) in [5.74, 6) is 0.363. The van der Waals surface area contributed by atoms with Crippen molar-refractivity contribution in [1.29, 1.82) is 0 Å². The second-order valence-corrected chi connectivity index (χ2v) is 4.98. The van der Waals surface area contributed by atoms with Gasteiger partial charge in [0.2, 0.25) is 5.82 Å². The minimum absolute atomic E-state index is 0.0337. The highest BCUT2D eigenvalue weighted by molar-refractivity contribution is 5.56. The largest absolute Gasteiger partial charge is 0.361 e. The van der Waals surface area contributed by atoms with E-state index in [-0.39, 0.29) is 11.7 Å². The number of pyridine rings is 1. The summed E-state index contributed by atoms with van der Waals surface area (Å²) in [5.41, 5.74) is 2.72. The van der Waals surface area contributed by atoms with Crippen molar-refractivity contribution in [2.75, 3.05) is 5.32 Å². The molecule has 102 valence electrons. The molecule has 0 bridgehead atoms. The fraction of sp³-hybridized carbons (Fsp3) is 0.267. The number of aryl methyl sites for hydroxylation is 1. The molecule has 2 aromatic rings. The molecular formula is C15H15N3O2. The molecule has 0 amide bonds. The third-order valence-electron chi connectivity index (χ3n) is 3.67. The van der Waals surface area contributed by atoms with Crippen LogP contribution in [0.4, 0.5) is 11.5 Å². The summed E-state index contributed by atoms with van der Waals surface area (Å²) in [4.78, 5) is 14.7. The Morgan fingerprint density at radius 1 is 1.20 bits per heavy atom. The Hall–Kier alpha value is -2.43. The van der Waals surface area contributed by atoms with E-state index in [1.807, 2.05) is 6.07 Å². The molecule has 1 aliphatic rings. The molecule has 20 heavy (non-hydrogen) atoms. The maximum absolute atomic E-state index is 11.0. The van der Waals surface area contributed by atoms with Gasteiger partial charge in [0.25, 0.3) is 0 Å². The molecule has 1 aromatic carbocycles. The molecule has 0 saturated carbocycles. The Labute approximate surface area is 116 Å². The number of aromatic nitrogens is 1. The Bertz CT molecular complexity index is 643. The van der Waals surface area contributed by atoms with Gasteiger partial charge >= 0.3 is 5.69 Å². The minimum Gasteiger partial charge on any atom is -0.361 e. The van der Waals surface area contributed by atoms with Gasteiger partial charge in [0.15, 0.2) is 0 Å². The van der Waals surface area contributed by atoms with Gasteiger partial charge in [-0.05, 0) is 36.5 Å². The van der Waals surface area contributed by atoms with E-state index >= 15 is 0 Å². The van der Waals surface area contributed by atoms with Crippen molar-refractivity contribution in [2.24, 2.45) is 0 Å². The van der Waals surface area contributed by atoms with Crippen LogP contribution in [0, 0.1) is 10.1 Å². The van der Waals surface area contributed by atoms with E-state index in [1.165, 1.54) is 17.2 Å². The second-order valence-electron chi connectivity index (χ2n) is 4.98. The predicted molar refractivity (Wildman–Crippen MR) is 76.8 cm³/mol. The van der Waals surface area contributed by atoms with Crippen molar-refractivity contribution in [2.45, 2.75) is 25.3 Å². The number of fused-ring (bicyclic) bond motifs is 1. The van der Waals surface area contributed by atoms with Crippen LogP contribution in [0.25, 0.3) is 0 Å². The zero-order valence-electron chi connectivity index (χ0n) is 11.0. The molecule has 1 aromatic heterocycles. The first-order valence-electron chi connectivity index (χ1n) is 6.67. The molecule has 0 aliphatic heterocycles. The normalized spacial score (nSPS) is 17.3. The van der Waals surface area contributed by atoms with Crippen molar-refractivity contribution in [3.05, 3.63) is 63.8 Å². The monoisotopic (exact) mass is 269 g/mol. The molecule has 1 aliphatic carbocycles. The molecule has 0 fully saturated rings. The van der Waals surface area contributed by atoms with E-state index in [1.54, 1.807) is 12.3 Å². The summed E-state index contributed by atoms with van der Waals surface area (Å²) in [6.45, 7) is 0. The number of rotatable bonds is 3. The summed E-state index contributed by atoms with van der Waals surface area (Å²) in [7, 11) is 0. The predicted octanol–water partition coefficient (Wildman–Crippen LogP) is 2.96. The zero-order chi connectivity index (χ0) is 13.9. The number of hydrogen-bond acceptors (Lipinski definition) is 4. The lowest BCUT2D eigenvalue weighted by Crippen LogP contribution is -2.28. The summed E-state index contributed by atoms with van der Waals surface area (Å²) < 4.78 is 0. The van der Waals surface area contributed by atoms with Crippen LogP contribution in [0.2, 0.25) is 0 Å². The lowest BCUT2D eigenvalue weighted by atomic mass is 9.88. The van der Waals surface area contributed by atoms with E-state index < -0.39 is 4.92 Å². The molecule has 5 heteroatoms. The van der Waals surface area contributed by atoms with Gasteiger partial charge in [0, 0.05) is 18.3 Å². The van der Waals surface area contributed by atoms with Crippen molar-refractivity contribution in [1.82, 2.24) is 4.98 Å². The molecule has 0 radical (unpaired) electrons. The van der Waals surface area contributed by atoms with Crippen LogP contribution in [0.5, 0.6) is 0 Å². The summed E-state index contributed by atoms with van der Waals surface area (Å²) >= 11 is 0. The third-order valence-corrected chi connectivity index (χ3v) is 3.67. The van der Waals surface area contributed by atoms with Crippen LogP contribution in [0.1, 0.15) is 17.5 Å². The van der Waals surface area contributed by atoms with Crippen molar-refractivity contribution >= 4 is 11.5 Å². The van der Waals surface area contributed by atoms with Gasteiger partial charge in [-0.15, -0.1) is 0 Å². The Kier molecular flexibility index (Phi) is 3.33. The first-order chi connectivity index (χ1) is 9.74. The van der Waals surface area contributed by atoms with Crippen LogP contribution in [0.3, 0.4) is 0 Å². The van der Waals surface area contributed by atoms with Crippen LogP contribution in [0.15, 0.2) is 42.6 Å². The van der Waals surface area contributed by atoms with Gasteiger partial charge in [0.05, 0.1) is 4.92 Å². The number of hydrogen-bond donors (Lipinski definition) is 1. The number of nitro groups is 1. The van der Waals surface area contributed by atoms with Gasteiger partial charge < -0.3 is 5.32 Å². The standard InChI is InChI=1S/C15H15N3O2/c19-18(20)14-6-3-9-16-15(14)17-13-8-7-11-4-1-2-5-12(11)10-13/h1-6,9,13H,7-8,10H2,(H,16,17). The fourth-order valence-corrected chi connectivity index (χ4v) is 2.67. The molecule has 1 N–H and O–H groups in total. The van der Waals surface area contributed by atoms with Crippen molar-refractivity contribution < 1.29 is 4.92 Å². The van der Waals surface area contributed by atoms with Crippen LogP contribution in [-0.4, -0.2) is 15.9 Å². The number of anilines is 1. The minimum atomic E-state index is -0.397. The number of nitrogens with one attached hydrogen (secondary N) is 1. The lowest BCUT2D eigenvalue weighted by Gasteiger charge is -2.25. The SMILES string of the molecule is O=[N+]([O-])c1cccnc1NC1CCc2ccccc2C1. The zero-order valence-corrected chi connectivity index (χ0v) is 11.0. The lowest BCUT2D eigenvalue weighted by molar-refractivity contribution is -0.384. The van der Waals surface area contributed by atoms with E-state index in [4.69, 9.17) is 0 Å². The van der Waals surface area contributed by atoms with E-state index in [0.29, 0.717) is 5.82 Å². The molecule has 5 nitrogen and oxygen atoms in total. The highest BCUT2D eigenvalue weighted by atomic mass is 16.6. The second kappa shape index (κ2) is 5.28. The maximum Gasteiger partial charge on any atom is 0.311 e. The van der Waals surface area contributed by atoms with Crippen molar-refractivity contribution in [3.8, 4) is 0 Å². The van der Waals surface area contributed by atoms with Crippen molar-refractivity contribution in [3.63, 3.8) is 0 Å². The molecular weight excluding hydrogens is 254 g/mol. The van der Waals surface area contributed by atoms with Crippen LogP contribution >= 0.6 is 0 Å². The Morgan fingerprint density at radius 3 is 2.80 bits per heavy atom. The van der Waals surface area contributed by atoms with Gasteiger partial charge in [-0.3, -0.25) is 10.1 Å². The van der Waals surface area contributed by atoms with E-state index in [0.717, 1.165) is 19.3 Å². The smallest absolute Gasteiger partial charge is 0.311 e. The first kappa shape index (κ1) is 12.6.